The van der Waals surface area contributed by atoms with Crippen LogP contribution in [0.25, 0.3) is 0 Å². The zero-order valence-corrected chi connectivity index (χ0v) is 45.5. The van der Waals surface area contributed by atoms with E-state index < -0.39 is 52.0 Å². The van der Waals surface area contributed by atoms with E-state index in [1.54, 1.807) is 59.4 Å². The average Bonchev–Trinajstić information content (AvgIpc) is 4.02. The smallest absolute Gasteiger partial charge is 0.353 e. The molecule has 0 bridgehead atoms. The molecule has 74 heavy (non-hydrogen) atoms. The van der Waals surface area contributed by atoms with Crippen molar-refractivity contribution in [1.29, 1.82) is 0 Å². The lowest BCUT2D eigenvalue weighted by molar-refractivity contribution is -0.913. The van der Waals surface area contributed by atoms with E-state index in [4.69, 9.17) is 52.8 Å². The lowest BCUT2D eigenvalue weighted by Gasteiger charge is -2.51. The number of likely N-dealkylation sites (tertiary alicyclic amines) is 1. The third kappa shape index (κ3) is 13.2. The number of quaternary nitrogens is 1. The number of nitrogens with one attached hydrogen (secondary N) is 1. The van der Waals surface area contributed by atoms with Gasteiger partial charge in [-0.15, -0.1) is 23.1 Å². The minimum atomic E-state index is -1.56. The van der Waals surface area contributed by atoms with Gasteiger partial charge in [-0.05, 0) is 96.0 Å². The van der Waals surface area contributed by atoms with Crippen LogP contribution in [0.5, 0.6) is 23.0 Å². The maximum atomic E-state index is 14.2. The zero-order chi connectivity index (χ0) is 53.5. The van der Waals surface area contributed by atoms with Gasteiger partial charge in [0.25, 0.3) is 11.9 Å². The Morgan fingerprint density at radius 1 is 0.932 bits per heavy atom. The number of amides is 2. The topological polar surface area (TPSA) is 190 Å². The molecule has 0 aliphatic carbocycles. The largest absolute Gasteiger partial charge is 0.788 e. The van der Waals surface area contributed by atoms with Crippen molar-refractivity contribution >= 4 is 78.0 Å². The van der Waals surface area contributed by atoms with Gasteiger partial charge in [0, 0.05) is 36.0 Å². The summed E-state index contributed by atoms with van der Waals surface area (Å²) in [5.74, 6) is -1.44. The number of halogens is 1. The Morgan fingerprint density at radius 3 is 2.12 bits per heavy atom. The maximum absolute atomic E-state index is 14.2. The van der Waals surface area contributed by atoms with Crippen molar-refractivity contribution in [2.75, 3.05) is 46.2 Å². The SMILES string of the molecule is [B-]OC(=O)C1=C(C[N+]2(C[C@H](C)NC(=O)c3ccc(OCc4ccc(OC)cc4)c(OCc4ccc(OC)cc4)c3Cl)CCCC2)CS[C@@H]2[C@H](CC(=O)/C(=N\OC(C)(C)C(=O)OC(C)(C)C)c3csc(C)n3)C(=O)N12. The number of fused-ring (bicyclic) bond motifs is 1. The van der Waals surface area contributed by atoms with E-state index >= 15 is 0 Å². The Morgan fingerprint density at radius 2 is 1.55 bits per heavy atom. The van der Waals surface area contributed by atoms with Crippen molar-refractivity contribution in [3.8, 4) is 23.0 Å². The molecule has 3 aliphatic heterocycles. The summed E-state index contributed by atoms with van der Waals surface area (Å²) in [7, 11) is 8.72. The van der Waals surface area contributed by atoms with Crippen molar-refractivity contribution in [1.82, 2.24) is 15.2 Å². The second kappa shape index (κ2) is 23.6. The van der Waals surface area contributed by atoms with Gasteiger partial charge < -0.3 is 51.0 Å². The summed E-state index contributed by atoms with van der Waals surface area (Å²) in [5.41, 5.74) is 0.388. The number of methoxy groups -OCH3 is 2. The summed E-state index contributed by atoms with van der Waals surface area (Å²) in [4.78, 5) is 80.4. The number of esters is 1. The first kappa shape index (κ1) is 55.7. The Balaban J connectivity index is 1.06. The fourth-order valence-corrected chi connectivity index (χ4v) is 11.4. The van der Waals surface area contributed by atoms with Gasteiger partial charge in [-0.3, -0.25) is 19.3 Å². The Kier molecular flexibility index (Phi) is 17.8. The number of aryl methyl sites for hydroxylation is 1. The number of thiazole rings is 1. The molecule has 7 rings (SSSR count). The van der Waals surface area contributed by atoms with Crippen LogP contribution in [0.15, 0.2) is 82.5 Å². The van der Waals surface area contributed by atoms with Gasteiger partial charge in [0.05, 0.1) is 66.8 Å². The standard InChI is InChI=1S/C53H61BClN5O12S2/c1-31(56-47(62)38-20-21-42(68-27-33-12-16-36(66-8)17-13-33)46(43(38)55)69-28-34-14-18-37(67-9)19-15-34)25-60(22-10-11-23-60)26-35-29-74-49-39(48(63)59(49)45(35)50(64)71-54)24-41(61)44(40-30-73-32(2)57-40)58-72-53(6,7)51(65)70-52(3,4)5/h12-21,30-31,39,49H,10-11,22-29H2,1-9H3/q-1/p+1/b58-44-/t31-,39+,49+/m0/s1. The predicted octanol–water partition coefficient (Wildman–Crippen LogP) is 7.92. The number of carbonyl (C=O) groups is 5. The van der Waals surface area contributed by atoms with E-state index in [1.165, 1.54) is 41.8 Å². The molecule has 4 aromatic rings. The highest BCUT2D eigenvalue weighted by molar-refractivity contribution is 8.00. The summed E-state index contributed by atoms with van der Waals surface area (Å²) in [6.45, 7) is 14.6. The molecule has 21 heteroatoms. The minimum absolute atomic E-state index is 0.0562. The van der Waals surface area contributed by atoms with E-state index in [-0.39, 0.29) is 59.1 Å². The number of oxime groups is 1. The first-order valence-corrected chi connectivity index (χ1v) is 26.5. The molecular weight excluding hydrogens is 1010 g/mol. The number of Topliss-reactive ketones (excluding diaryl/α,β-unsaturated/α-hetero) is 1. The molecule has 0 saturated carbocycles. The fourth-order valence-electron chi connectivity index (χ4n) is 9.06. The highest BCUT2D eigenvalue weighted by Gasteiger charge is 2.55. The second-order valence-electron chi connectivity index (χ2n) is 20.0. The number of thioether (sulfide) groups is 1. The molecule has 2 fully saturated rings. The lowest BCUT2D eigenvalue weighted by Crippen LogP contribution is -2.63. The molecule has 2 saturated heterocycles. The van der Waals surface area contributed by atoms with Crippen molar-refractivity contribution < 1.29 is 61.6 Å². The number of rotatable bonds is 22. The second-order valence-corrected chi connectivity index (χ2v) is 22.6. The summed E-state index contributed by atoms with van der Waals surface area (Å²) in [5, 5.41) is 9.12. The number of hydrogen-bond donors (Lipinski definition) is 1. The lowest BCUT2D eigenvalue weighted by atomic mass is 9.89. The molecule has 4 heterocycles. The number of benzene rings is 3. The molecule has 393 valence electrons. The third-order valence-corrected chi connectivity index (χ3v) is 15.3. The average molecular weight is 1070 g/mol. The van der Waals surface area contributed by atoms with Gasteiger partial charge in [0.2, 0.25) is 11.5 Å². The minimum Gasteiger partial charge on any atom is -0.788 e. The highest BCUT2D eigenvalue weighted by Crippen LogP contribution is 2.46. The van der Waals surface area contributed by atoms with Crippen molar-refractivity contribution in [3.63, 3.8) is 0 Å². The van der Waals surface area contributed by atoms with Crippen molar-refractivity contribution in [3.05, 3.63) is 110 Å². The quantitative estimate of drug-likeness (QED) is 0.0199. The Bertz CT molecular complexity index is 2790. The van der Waals surface area contributed by atoms with Gasteiger partial charge in [-0.1, -0.05) is 41.0 Å². The molecule has 3 aliphatic rings. The molecule has 0 spiro atoms. The summed E-state index contributed by atoms with van der Waals surface area (Å²) < 4.78 is 33.9. The van der Waals surface area contributed by atoms with Crippen LogP contribution in [0.3, 0.4) is 0 Å². The van der Waals surface area contributed by atoms with Crippen LogP contribution in [0.4, 0.5) is 0 Å². The number of β-lactam (4-membered cyclic amide) rings is 1. The predicted molar refractivity (Wildman–Crippen MR) is 281 cm³/mol. The number of ketones is 1. The maximum Gasteiger partial charge on any atom is 0.353 e. The van der Waals surface area contributed by atoms with Gasteiger partial charge >= 0.3 is 5.97 Å². The normalized spacial score (nSPS) is 17.9. The Hall–Kier alpha value is -6.09. The van der Waals surface area contributed by atoms with Crippen LogP contribution in [-0.2, 0) is 46.6 Å². The number of aromatic nitrogens is 1. The summed E-state index contributed by atoms with van der Waals surface area (Å²) >= 11 is 9.79. The van der Waals surface area contributed by atoms with Crippen molar-refractivity contribution in [2.24, 2.45) is 11.1 Å². The van der Waals surface area contributed by atoms with Crippen LogP contribution in [0.2, 0.25) is 5.02 Å². The van der Waals surface area contributed by atoms with E-state index in [1.807, 2.05) is 55.5 Å². The molecule has 1 N–H and O–H groups in total. The number of hydrogen-bond acceptors (Lipinski definition) is 16. The number of nitrogens with zero attached hydrogens (tertiary/aromatic N) is 4. The van der Waals surface area contributed by atoms with E-state index in [0.717, 1.165) is 37.1 Å². The van der Waals surface area contributed by atoms with Crippen molar-refractivity contribution in [2.45, 2.75) is 104 Å². The molecule has 2 amide bonds. The first-order valence-electron chi connectivity index (χ1n) is 24.2. The first-order chi connectivity index (χ1) is 35.1. The molecule has 3 aromatic carbocycles. The van der Waals surface area contributed by atoms with Crippen LogP contribution in [0, 0.1) is 12.8 Å². The van der Waals surface area contributed by atoms with Gasteiger partial charge in [-0.2, -0.15) is 0 Å². The molecule has 3 atom stereocenters. The molecule has 1 aromatic heterocycles. The summed E-state index contributed by atoms with van der Waals surface area (Å²) in [6, 6.07) is 17.8. The molecule has 17 nitrogen and oxygen atoms in total. The number of carbonyl (C=O) groups excluding carboxylic acids is 5. The van der Waals surface area contributed by atoms with Gasteiger partial charge in [-0.25, -0.2) is 14.6 Å². The molecular formula is C53H62BClN5O12S2. The monoisotopic (exact) mass is 1070 g/mol. The molecule has 3 radical (unpaired) electrons. The summed E-state index contributed by atoms with van der Waals surface area (Å²) in [6.07, 6.45) is 1.55. The Labute approximate surface area is 446 Å². The highest BCUT2D eigenvalue weighted by atomic mass is 35.5. The van der Waals surface area contributed by atoms with E-state index in [2.05, 4.69) is 15.5 Å². The zero-order valence-electron chi connectivity index (χ0n) is 43.1. The van der Waals surface area contributed by atoms with Crippen LogP contribution < -0.4 is 24.3 Å². The van der Waals surface area contributed by atoms with Crippen LogP contribution in [-0.4, -0.2) is 126 Å². The number of ether oxygens (including phenoxy) is 5. The molecule has 0 unspecified atom stereocenters. The van der Waals surface area contributed by atoms with E-state index in [0.29, 0.717) is 51.2 Å². The van der Waals surface area contributed by atoms with Crippen LogP contribution in [0.1, 0.15) is 93.0 Å². The van der Waals surface area contributed by atoms with Gasteiger partial charge in [0.1, 0.15) is 48.2 Å². The fraction of sp³-hybridized carbons (Fsp3) is 0.453. The van der Waals surface area contributed by atoms with E-state index in [9.17, 15) is 24.0 Å². The van der Waals surface area contributed by atoms with Crippen LogP contribution >= 0.6 is 34.7 Å². The third-order valence-electron chi connectivity index (χ3n) is 12.7. The van der Waals surface area contributed by atoms with Gasteiger partial charge in [0.15, 0.2) is 23.0 Å².